The Morgan fingerprint density at radius 2 is 1.91 bits per heavy atom. The average Bonchev–Trinajstić information content (AvgIpc) is 1.83. The van der Waals surface area contributed by atoms with Crippen molar-refractivity contribution in [2.24, 2.45) is 0 Å². The van der Waals surface area contributed by atoms with Crippen LogP contribution in [0.4, 0.5) is 0 Å². The number of rotatable bonds is 5. The number of hydrogen-bond donors (Lipinski definition) is 1. The van der Waals surface area contributed by atoms with E-state index >= 15 is 0 Å². The van der Waals surface area contributed by atoms with E-state index in [4.69, 9.17) is 11.6 Å². The molecule has 0 amide bonds. The minimum absolute atomic E-state index is 0.242. The summed E-state index contributed by atoms with van der Waals surface area (Å²) in [4.78, 5) is 0. The molecule has 1 unspecified atom stereocenters. The van der Waals surface area contributed by atoms with Crippen molar-refractivity contribution in [3.05, 3.63) is 0 Å². The lowest BCUT2D eigenvalue weighted by molar-refractivity contribution is 0.0683. The van der Waals surface area contributed by atoms with Gasteiger partial charge < -0.3 is 5.11 Å². The normalized spacial score (nSPS) is 15.0. The van der Waals surface area contributed by atoms with Crippen molar-refractivity contribution in [3.63, 3.8) is 0 Å². The van der Waals surface area contributed by atoms with Crippen LogP contribution >= 0.6 is 11.6 Å². The van der Waals surface area contributed by atoms with Gasteiger partial charge in [0, 0.05) is 5.38 Å². The molecule has 0 spiro atoms. The van der Waals surface area contributed by atoms with Gasteiger partial charge in [-0.1, -0.05) is 13.3 Å². The first-order valence-corrected chi connectivity index (χ1v) is 4.76. The standard InChI is InChI=1S/C9H19ClO/c1-4-5-8(10)6-7-9(2,3)11/h8,11H,4-7H2,1-3H3. The average molecular weight is 179 g/mol. The van der Waals surface area contributed by atoms with Gasteiger partial charge in [-0.2, -0.15) is 0 Å². The molecule has 0 heterocycles. The Balaban J connectivity index is 3.38. The maximum absolute atomic E-state index is 9.38. The van der Waals surface area contributed by atoms with Crippen molar-refractivity contribution in [2.75, 3.05) is 0 Å². The van der Waals surface area contributed by atoms with Crippen LogP contribution in [0.15, 0.2) is 0 Å². The molecule has 0 aromatic rings. The van der Waals surface area contributed by atoms with E-state index in [9.17, 15) is 5.11 Å². The van der Waals surface area contributed by atoms with E-state index in [1.807, 2.05) is 13.8 Å². The number of aliphatic hydroxyl groups is 1. The minimum atomic E-state index is -0.555. The second-order valence-corrected chi connectivity index (χ2v) is 4.35. The van der Waals surface area contributed by atoms with Gasteiger partial charge in [0.25, 0.3) is 0 Å². The molecule has 0 aromatic heterocycles. The predicted molar refractivity (Wildman–Crippen MR) is 50.1 cm³/mol. The lowest BCUT2D eigenvalue weighted by Gasteiger charge is -2.18. The van der Waals surface area contributed by atoms with Crippen molar-refractivity contribution >= 4 is 11.6 Å². The topological polar surface area (TPSA) is 20.2 Å². The Labute approximate surface area is 74.8 Å². The van der Waals surface area contributed by atoms with Crippen molar-refractivity contribution in [2.45, 2.75) is 57.4 Å². The van der Waals surface area contributed by atoms with E-state index in [-0.39, 0.29) is 5.38 Å². The molecule has 0 fully saturated rings. The van der Waals surface area contributed by atoms with E-state index in [0.29, 0.717) is 0 Å². The zero-order chi connectivity index (χ0) is 8.91. The summed E-state index contributed by atoms with van der Waals surface area (Å²) in [5.41, 5.74) is -0.555. The van der Waals surface area contributed by atoms with Gasteiger partial charge in [0.15, 0.2) is 0 Å². The summed E-state index contributed by atoms with van der Waals surface area (Å²) in [7, 11) is 0. The van der Waals surface area contributed by atoms with Gasteiger partial charge >= 0.3 is 0 Å². The van der Waals surface area contributed by atoms with Gasteiger partial charge in [0.2, 0.25) is 0 Å². The lowest BCUT2D eigenvalue weighted by Crippen LogP contribution is -2.19. The quantitative estimate of drug-likeness (QED) is 0.642. The highest BCUT2D eigenvalue weighted by Gasteiger charge is 2.14. The summed E-state index contributed by atoms with van der Waals surface area (Å²) in [5, 5.41) is 9.62. The third-order valence-corrected chi connectivity index (χ3v) is 2.11. The largest absolute Gasteiger partial charge is 0.390 e. The number of halogens is 1. The molecular formula is C9H19ClO. The van der Waals surface area contributed by atoms with Crippen molar-refractivity contribution in [1.82, 2.24) is 0 Å². The summed E-state index contributed by atoms with van der Waals surface area (Å²) < 4.78 is 0. The first kappa shape index (κ1) is 11.2. The first-order chi connectivity index (χ1) is 4.95. The molecule has 0 aliphatic rings. The predicted octanol–water partition coefficient (Wildman–Crippen LogP) is 2.95. The van der Waals surface area contributed by atoms with Crippen molar-refractivity contribution in [1.29, 1.82) is 0 Å². The van der Waals surface area contributed by atoms with Crippen molar-refractivity contribution in [3.8, 4) is 0 Å². The molecule has 1 nitrogen and oxygen atoms in total. The Morgan fingerprint density at radius 3 is 2.27 bits per heavy atom. The molecule has 0 aliphatic carbocycles. The van der Waals surface area contributed by atoms with Crippen LogP contribution in [-0.4, -0.2) is 16.1 Å². The van der Waals surface area contributed by atoms with Gasteiger partial charge in [-0.05, 0) is 33.1 Å². The summed E-state index contributed by atoms with van der Waals surface area (Å²) in [6.07, 6.45) is 3.89. The van der Waals surface area contributed by atoms with E-state index in [1.165, 1.54) is 0 Å². The van der Waals surface area contributed by atoms with Gasteiger partial charge in [-0.3, -0.25) is 0 Å². The molecule has 0 aromatic carbocycles. The van der Waals surface area contributed by atoms with Crippen LogP contribution in [0.5, 0.6) is 0 Å². The molecule has 0 saturated heterocycles. The molecule has 0 rings (SSSR count). The van der Waals surface area contributed by atoms with Gasteiger partial charge in [0.1, 0.15) is 0 Å². The van der Waals surface area contributed by atoms with Gasteiger partial charge in [-0.15, -0.1) is 11.6 Å². The second-order valence-electron chi connectivity index (χ2n) is 3.74. The Hall–Kier alpha value is 0.250. The molecule has 11 heavy (non-hydrogen) atoms. The Kier molecular flexibility index (Phi) is 5.11. The SMILES string of the molecule is CCCC(Cl)CCC(C)(C)O. The van der Waals surface area contributed by atoms with Crippen LogP contribution in [0.25, 0.3) is 0 Å². The Bertz CT molecular complexity index is 96.2. The van der Waals surface area contributed by atoms with Crippen LogP contribution in [-0.2, 0) is 0 Å². The first-order valence-electron chi connectivity index (χ1n) is 4.32. The molecule has 1 atom stereocenters. The fourth-order valence-corrected chi connectivity index (χ4v) is 1.29. The molecule has 0 bridgehead atoms. The fourth-order valence-electron chi connectivity index (χ4n) is 0.967. The maximum atomic E-state index is 9.38. The van der Waals surface area contributed by atoms with Crippen LogP contribution in [0.3, 0.4) is 0 Å². The summed E-state index contributed by atoms with van der Waals surface area (Å²) in [6.45, 7) is 5.77. The molecule has 0 aliphatic heterocycles. The van der Waals surface area contributed by atoms with E-state index in [0.717, 1.165) is 25.7 Å². The monoisotopic (exact) mass is 178 g/mol. The molecule has 0 radical (unpaired) electrons. The van der Waals surface area contributed by atoms with Crippen LogP contribution in [0.2, 0.25) is 0 Å². The molecular weight excluding hydrogens is 160 g/mol. The molecule has 1 N–H and O–H groups in total. The number of alkyl halides is 1. The highest BCUT2D eigenvalue weighted by molar-refractivity contribution is 6.20. The van der Waals surface area contributed by atoms with Gasteiger partial charge in [-0.25, -0.2) is 0 Å². The lowest BCUT2D eigenvalue weighted by atomic mass is 10.0. The molecule has 68 valence electrons. The third kappa shape index (κ3) is 8.15. The zero-order valence-electron chi connectivity index (χ0n) is 7.73. The fraction of sp³-hybridized carbons (Fsp3) is 1.00. The van der Waals surface area contributed by atoms with Crippen LogP contribution in [0.1, 0.15) is 46.5 Å². The summed E-state index contributed by atoms with van der Waals surface area (Å²) in [5.74, 6) is 0. The maximum Gasteiger partial charge on any atom is 0.0592 e. The minimum Gasteiger partial charge on any atom is -0.390 e. The van der Waals surface area contributed by atoms with E-state index in [2.05, 4.69) is 6.92 Å². The highest BCUT2D eigenvalue weighted by atomic mass is 35.5. The molecule has 2 heteroatoms. The zero-order valence-corrected chi connectivity index (χ0v) is 8.49. The van der Waals surface area contributed by atoms with E-state index in [1.54, 1.807) is 0 Å². The summed E-state index contributed by atoms with van der Waals surface area (Å²) in [6, 6.07) is 0. The van der Waals surface area contributed by atoms with E-state index < -0.39 is 5.60 Å². The van der Waals surface area contributed by atoms with Gasteiger partial charge in [0.05, 0.1) is 5.60 Å². The van der Waals surface area contributed by atoms with Crippen LogP contribution < -0.4 is 0 Å². The smallest absolute Gasteiger partial charge is 0.0592 e. The van der Waals surface area contributed by atoms with Crippen molar-refractivity contribution < 1.29 is 5.11 Å². The molecule has 0 saturated carbocycles. The number of hydrogen-bond acceptors (Lipinski definition) is 1. The highest BCUT2D eigenvalue weighted by Crippen LogP contribution is 2.18. The van der Waals surface area contributed by atoms with Crippen LogP contribution in [0, 0.1) is 0 Å². The summed E-state index contributed by atoms with van der Waals surface area (Å²) >= 11 is 5.98. The second kappa shape index (κ2) is 5.00. The third-order valence-electron chi connectivity index (χ3n) is 1.67. The Morgan fingerprint density at radius 1 is 1.36 bits per heavy atom.